The van der Waals surface area contributed by atoms with Crippen LogP contribution in [0.5, 0.6) is 5.75 Å². The second-order valence-corrected chi connectivity index (χ2v) is 11.3. The molecule has 0 radical (unpaired) electrons. The number of primary amides is 1. The quantitative estimate of drug-likeness (QED) is 0.110. The molecule has 1 aromatic rings. The normalized spacial score (nSPS) is 28.8. The molecule has 10 N–H and O–H groups in total. The number of benzene rings is 1. The third kappa shape index (κ3) is 5.42. The monoisotopic (exact) mass is 602 g/mol. The number of nitrogens with two attached hydrogens (primary N) is 2. The summed E-state index contributed by atoms with van der Waals surface area (Å²) in [7, 11) is 3.01. The number of hydrogen-bond donors (Lipinski definition) is 8. The van der Waals surface area contributed by atoms with Gasteiger partial charge in [0, 0.05) is 17.4 Å². The summed E-state index contributed by atoms with van der Waals surface area (Å²) in [6.07, 6.45) is 1.98. The summed E-state index contributed by atoms with van der Waals surface area (Å²) in [6, 6.07) is 2.36. The van der Waals surface area contributed by atoms with Crippen molar-refractivity contribution < 1.29 is 49.8 Å². The van der Waals surface area contributed by atoms with Gasteiger partial charge in [0.2, 0.25) is 5.78 Å². The van der Waals surface area contributed by atoms with Gasteiger partial charge in [0.1, 0.15) is 28.9 Å². The van der Waals surface area contributed by atoms with Crippen molar-refractivity contribution in [3.8, 4) is 5.75 Å². The zero-order valence-electron chi connectivity index (χ0n) is 24.1. The van der Waals surface area contributed by atoms with E-state index in [1.165, 1.54) is 44.1 Å². The summed E-state index contributed by atoms with van der Waals surface area (Å²) in [6.45, 7) is 5.20. The van der Waals surface area contributed by atoms with Crippen LogP contribution in [0.2, 0.25) is 0 Å². The first-order valence-electron chi connectivity index (χ1n) is 13.6. The van der Waals surface area contributed by atoms with Gasteiger partial charge in [-0.2, -0.15) is 0 Å². The summed E-state index contributed by atoms with van der Waals surface area (Å²) in [5, 5.41) is 63.4. The molecule has 1 saturated carbocycles. The predicted octanol–water partition coefficient (Wildman–Crippen LogP) is -0.102. The highest BCUT2D eigenvalue weighted by Crippen LogP contribution is 2.57. The van der Waals surface area contributed by atoms with Gasteiger partial charge in [0.15, 0.2) is 11.4 Å². The lowest BCUT2D eigenvalue weighted by atomic mass is 9.54. The average molecular weight is 603 g/mol. The van der Waals surface area contributed by atoms with Crippen LogP contribution in [0.4, 0.5) is 0 Å². The van der Waals surface area contributed by atoms with Crippen LogP contribution in [0.15, 0.2) is 40.1 Å². The Bertz CT molecular complexity index is 1420. The van der Waals surface area contributed by atoms with Gasteiger partial charge in [-0.05, 0) is 71.6 Å². The van der Waals surface area contributed by atoms with Gasteiger partial charge in [-0.25, -0.2) is 4.79 Å². The van der Waals surface area contributed by atoms with Gasteiger partial charge in [-0.15, -0.1) is 0 Å². The van der Waals surface area contributed by atoms with Crippen LogP contribution in [0, 0.1) is 11.8 Å². The Kier molecular flexibility index (Phi) is 9.51. The number of phenolic OH excluding ortho intramolecular Hbond substituents is 1. The number of ketones is 2. The van der Waals surface area contributed by atoms with Gasteiger partial charge < -0.3 is 42.1 Å². The van der Waals surface area contributed by atoms with Gasteiger partial charge in [0.25, 0.3) is 5.91 Å². The number of unbranched alkanes of at least 4 members (excludes halogenated alkanes) is 1. The van der Waals surface area contributed by atoms with Crippen LogP contribution in [0.3, 0.4) is 0 Å². The fraction of sp³-hybridized carbons (Fsp3) is 0.483. The molecule has 0 aliphatic heterocycles. The number of phenols is 1. The Morgan fingerprint density at radius 3 is 2.30 bits per heavy atom. The summed E-state index contributed by atoms with van der Waals surface area (Å²) < 4.78 is 0. The van der Waals surface area contributed by atoms with E-state index in [1.54, 1.807) is 0 Å². The van der Waals surface area contributed by atoms with Crippen molar-refractivity contribution in [3.05, 3.63) is 46.2 Å². The zero-order chi connectivity index (χ0) is 32.6. The lowest BCUT2D eigenvalue weighted by molar-refractivity contribution is -0.159. The molecule has 0 heterocycles. The Balaban J connectivity index is 0.000000393. The highest BCUT2D eigenvalue weighted by Gasteiger charge is 2.66. The minimum Gasteiger partial charge on any atom is -0.508 e. The maximum atomic E-state index is 13.7. The number of aromatic hydroxyl groups is 1. The molecule has 14 nitrogen and oxygen atoms in total. The van der Waals surface area contributed by atoms with Crippen LogP contribution in [0.25, 0.3) is 5.76 Å². The average Bonchev–Trinajstić information content (AvgIpc) is 2.91. The van der Waals surface area contributed by atoms with E-state index in [2.05, 4.69) is 11.7 Å². The number of nitrogens with zero attached hydrogens (tertiary/aromatic N) is 2. The molecule has 43 heavy (non-hydrogen) atoms. The second-order valence-electron chi connectivity index (χ2n) is 11.3. The van der Waals surface area contributed by atoms with E-state index in [0.29, 0.717) is 13.0 Å². The number of carboxylic acids is 1. The van der Waals surface area contributed by atoms with Crippen molar-refractivity contribution in [2.24, 2.45) is 28.3 Å². The van der Waals surface area contributed by atoms with E-state index in [9.17, 15) is 44.7 Å². The molecular weight excluding hydrogens is 564 g/mol. The van der Waals surface area contributed by atoms with Gasteiger partial charge in [-0.1, -0.05) is 12.1 Å². The molecule has 0 unspecified atom stereocenters. The first kappa shape index (κ1) is 33.4. The molecule has 3 aliphatic rings. The van der Waals surface area contributed by atoms with Crippen LogP contribution in [-0.4, -0.2) is 104 Å². The summed E-state index contributed by atoms with van der Waals surface area (Å²) in [4.78, 5) is 53.8. The molecule has 0 spiro atoms. The number of carbonyl (C=O) groups excluding carboxylic acids is 3. The van der Waals surface area contributed by atoms with E-state index < -0.39 is 87.0 Å². The standard InChI is InChI=1S/C22H24N2O8.C7H14N2O2/c1-21(31)8-5-4-6-11(25)12(8)16(26)13-9(21)7-10-15(24(2)3)17(27)14(20(23)30)19(29)22(10,32)18(13)28;1-9-6(7(10)11)4-2-3-5-8/h4-6,9-10,15,25-26,29,31-32H,7H2,1-3H3,(H2,23,30);6H,1-5,8H2,(H,10,11)/t9-,10-,15-,21+,22-;6-/m00/s1. The summed E-state index contributed by atoms with van der Waals surface area (Å²) >= 11 is 0. The first-order valence-corrected chi connectivity index (χ1v) is 13.6. The van der Waals surface area contributed by atoms with E-state index in [1.807, 2.05) is 0 Å². The van der Waals surface area contributed by atoms with Crippen molar-refractivity contribution in [1.29, 1.82) is 0 Å². The van der Waals surface area contributed by atoms with Crippen molar-refractivity contribution in [3.63, 3.8) is 0 Å². The number of aliphatic carboxylic acids is 1. The molecule has 1 aromatic carbocycles. The lowest BCUT2D eigenvalue weighted by Crippen LogP contribution is -2.67. The molecule has 234 valence electrons. The van der Waals surface area contributed by atoms with Crippen molar-refractivity contribution in [2.45, 2.75) is 55.9 Å². The highest BCUT2D eigenvalue weighted by molar-refractivity contribution is 6.24. The van der Waals surface area contributed by atoms with Crippen LogP contribution >= 0.6 is 0 Å². The van der Waals surface area contributed by atoms with Gasteiger partial charge in [0.05, 0.1) is 17.2 Å². The van der Waals surface area contributed by atoms with Crippen molar-refractivity contribution in [1.82, 2.24) is 4.90 Å². The Labute approximate surface area is 247 Å². The van der Waals surface area contributed by atoms with E-state index in [4.69, 9.17) is 16.6 Å². The molecule has 3 aliphatic carbocycles. The number of likely N-dealkylation sites (N-methyl/N-ethyl adjacent to an activating group) is 1. The third-order valence-corrected chi connectivity index (χ3v) is 8.46. The number of aliphatic hydroxyl groups excluding tert-OH is 2. The van der Waals surface area contributed by atoms with E-state index in [-0.39, 0.29) is 17.5 Å². The fourth-order valence-electron chi connectivity index (χ4n) is 6.28. The van der Waals surface area contributed by atoms with Gasteiger partial charge >= 0.3 is 5.97 Å². The number of hydrogen-bond acceptors (Lipinski definition) is 12. The number of fused-ring (bicyclic) bond motifs is 3. The molecule has 0 saturated heterocycles. The zero-order valence-corrected chi connectivity index (χ0v) is 24.1. The Hall–Kier alpha value is -4.11. The van der Waals surface area contributed by atoms with E-state index in [0.717, 1.165) is 12.8 Å². The Morgan fingerprint density at radius 1 is 1.16 bits per heavy atom. The molecule has 6 atom stereocenters. The van der Waals surface area contributed by atoms with E-state index >= 15 is 0 Å². The summed E-state index contributed by atoms with van der Waals surface area (Å²) in [5.74, 6) is -8.80. The predicted molar refractivity (Wildman–Crippen MR) is 154 cm³/mol. The van der Waals surface area contributed by atoms with Crippen LogP contribution in [0.1, 0.15) is 43.7 Å². The molecule has 4 rings (SSSR count). The lowest BCUT2D eigenvalue weighted by Gasteiger charge is -2.53. The molecule has 14 heteroatoms. The molecule has 1 fully saturated rings. The topological polar surface area (TPSA) is 257 Å². The third-order valence-electron chi connectivity index (χ3n) is 8.46. The van der Waals surface area contributed by atoms with Crippen molar-refractivity contribution >= 4 is 35.9 Å². The Morgan fingerprint density at radius 2 is 1.79 bits per heavy atom. The number of aliphatic hydroxyl groups is 4. The second kappa shape index (κ2) is 12.2. The molecule has 0 aromatic heterocycles. The molecule has 0 bridgehead atoms. The van der Waals surface area contributed by atoms with Crippen molar-refractivity contribution in [2.75, 3.05) is 20.6 Å². The maximum Gasteiger partial charge on any atom is 0.328 e. The number of amides is 1. The number of carbonyl (C=O) groups is 4. The van der Waals surface area contributed by atoms with Gasteiger partial charge in [-0.3, -0.25) is 24.3 Å². The SMILES string of the molecule is C=N[C@@H](CCCCN)C(=O)O.CN(C)[C@@H]1C(=O)C(C(N)=O)=C(O)[C@@]2(O)C(=O)C3=C(O)c4c(O)cccc4[C@@](C)(O)[C@H]3C[C@@H]12. The molecular formula is C29H38N4O10. The summed E-state index contributed by atoms with van der Waals surface area (Å²) in [5.41, 5.74) is 4.69. The number of rotatable bonds is 8. The first-order chi connectivity index (χ1) is 20.0. The maximum absolute atomic E-state index is 13.7. The number of carboxylic acid groups (broad SMARTS) is 1. The largest absolute Gasteiger partial charge is 0.508 e. The minimum absolute atomic E-state index is 0.170. The smallest absolute Gasteiger partial charge is 0.328 e. The fourth-order valence-corrected chi connectivity index (χ4v) is 6.28. The highest BCUT2D eigenvalue weighted by atomic mass is 16.4. The van der Waals surface area contributed by atoms with Crippen LogP contribution < -0.4 is 11.5 Å². The molecule has 1 amide bonds. The van der Waals surface area contributed by atoms with Crippen LogP contribution in [-0.2, 0) is 24.8 Å². The number of aliphatic imine (C=N–C) groups is 1. The number of Topliss-reactive ketones (excluding diaryl/α,β-unsaturated/α-hetero) is 2. The minimum atomic E-state index is -2.75.